The van der Waals surface area contributed by atoms with Crippen LogP contribution in [0.1, 0.15) is 25.3 Å². The Morgan fingerprint density at radius 3 is 2.35 bits per heavy atom. The number of nitrogens with one attached hydrogen (secondary N) is 1. The molecular formula is C13H21NO2S. The first-order chi connectivity index (χ1) is 8.10. The predicted molar refractivity (Wildman–Crippen MR) is 71.0 cm³/mol. The molecule has 0 aliphatic carbocycles. The third kappa shape index (κ3) is 4.48. The van der Waals surface area contributed by atoms with Gasteiger partial charge in [-0.1, -0.05) is 25.5 Å². The second-order valence-corrected chi connectivity index (χ2v) is 6.28. The summed E-state index contributed by atoms with van der Waals surface area (Å²) < 4.78 is 23.9. The van der Waals surface area contributed by atoms with E-state index in [2.05, 4.69) is 12.2 Å². The Bertz CT molecular complexity index is 423. The fourth-order valence-electron chi connectivity index (χ4n) is 1.71. The van der Waals surface area contributed by atoms with Gasteiger partial charge in [0.25, 0.3) is 0 Å². The molecule has 0 spiro atoms. The Morgan fingerprint density at radius 2 is 1.82 bits per heavy atom. The normalized spacial score (nSPS) is 11.6. The van der Waals surface area contributed by atoms with E-state index in [-0.39, 0.29) is 5.75 Å². The molecule has 0 amide bonds. The first-order valence-electron chi connectivity index (χ1n) is 6.06. The maximum atomic E-state index is 11.9. The third-order valence-electron chi connectivity index (χ3n) is 2.66. The summed E-state index contributed by atoms with van der Waals surface area (Å²) in [4.78, 5) is 0.438. The Balaban J connectivity index is 2.71. The van der Waals surface area contributed by atoms with Crippen LogP contribution in [0.25, 0.3) is 0 Å². The van der Waals surface area contributed by atoms with Gasteiger partial charge in [-0.3, -0.25) is 0 Å². The molecule has 0 saturated heterocycles. The first kappa shape index (κ1) is 14.2. The van der Waals surface area contributed by atoms with Crippen LogP contribution in [0.5, 0.6) is 0 Å². The van der Waals surface area contributed by atoms with Crippen molar-refractivity contribution >= 4 is 9.84 Å². The molecule has 0 aliphatic heterocycles. The van der Waals surface area contributed by atoms with Crippen LogP contribution in [0, 0.1) is 0 Å². The quantitative estimate of drug-likeness (QED) is 0.758. The third-order valence-corrected chi connectivity index (χ3v) is 4.48. The van der Waals surface area contributed by atoms with Crippen molar-refractivity contribution in [1.29, 1.82) is 0 Å². The zero-order valence-electron chi connectivity index (χ0n) is 10.6. The molecule has 0 atom stereocenters. The molecule has 4 heteroatoms. The second kappa shape index (κ2) is 6.77. The largest absolute Gasteiger partial charge is 0.320 e. The molecule has 0 aliphatic rings. The van der Waals surface area contributed by atoms with Crippen molar-refractivity contribution in [2.75, 3.05) is 19.3 Å². The molecule has 1 rings (SSSR count). The number of rotatable bonds is 7. The topological polar surface area (TPSA) is 46.2 Å². The highest BCUT2D eigenvalue weighted by Crippen LogP contribution is 2.14. The molecule has 0 heterocycles. The van der Waals surface area contributed by atoms with Crippen molar-refractivity contribution in [1.82, 2.24) is 5.32 Å². The average Bonchev–Trinajstić information content (AvgIpc) is 2.30. The molecule has 3 nitrogen and oxygen atoms in total. The summed E-state index contributed by atoms with van der Waals surface area (Å²) in [5.41, 5.74) is 1.20. The molecule has 0 fully saturated rings. The lowest BCUT2D eigenvalue weighted by molar-refractivity contribution is 0.591. The van der Waals surface area contributed by atoms with E-state index in [0.29, 0.717) is 11.3 Å². The Morgan fingerprint density at radius 1 is 1.18 bits per heavy atom. The molecule has 0 aromatic heterocycles. The van der Waals surface area contributed by atoms with Crippen molar-refractivity contribution in [3.63, 3.8) is 0 Å². The van der Waals surface area contributed by atoms with E-state index in [1.807, 2.05) is 19.2 Å². The standard InChI is InChI=1S/C13H21NO2S/c1-3-5-12-6-8-13(9-7-12)17(15,16)11-4-10-14-2/h6-9,14H,3-5,10-11H2,1-2H3. The zero-order valence-corrected chi connectivity index (χ0v) is 11.4. The minimum absolute atomic E-state index is 0.209. The highest BCUT2D eigenvalue weighted by atomic mass is 32.2. The van der Waals surface area contributed by atoms with Crippen LogP contribution in [0.3, 0.4) is 0 Å². The van der Waals surface area contributed by atoms with E-state index >= 15 is 0 Å². The van der Waals surface area contributed by atoms with Crippen LogP contribution in [0.2, 0.25) is 0 Å². The molecule has 1 N–H and O–H groups in total. The van der Waals surface area contributed by atoms with E-state index in [1.54, 1.807) is 12.1 Å². The monoisotopic (exact) mass is 255 g/mol. The van der Waals surface area contributed by atoms with Gasteiger partial charge in [-0.2, -0.15) is 0 Å². The average molecular weight is 255 g/mol. The lowest BCUT2D eigenvalue weighted by Crippen LogP contribution is -2.14. The van der Waals surface area contributed by atoms with Gasteiger partial charge in [0.15, 0.2) is 9.84 Å². The lowest BCUT2D eigenvalue weighted by Gasteiger charge is -2.05. The number of benzene rings is 1. The molecule has 0 radical (unpaired) electrons. The first-order valence-corrected chi connectivity index (χ1v) is 7.71. The number of sulfone groups is 1. The molecule has 0 unspecified atom stereocenters. The van der Waals surface area contributed by atoms with Crippen molar-refractivity contribution in [2.45, 2.75) is 31.1 Å². The summed E-state index contributed by atoms with van der Waals surface area (Å²) in [5, 5.41) is 2.95. The summed E-state index contributed by atoms with van der Waals surface area (Å²) in [6.45, 7) is 2.84. The smallest absolute Gasteiger partial charge is 0.178 e. The summed E-state index contributed by atoms with van der Waals surface area (Å²) in [7, 11) is -1.28. The molecule has 1 aromatic carbocycles. The van der Waals surface area contributed by atoms with Crippen LogP contribution < -0.4 is 5.32 Å². The van der Waals surface area contributed by atoms with Crippen LogP contribution >= 0.6 is 0 Å². The molecule has 1 aromatic rings. The van der Waals surface area contributed by atoms with Crippen molar-refractivity contribution in [2.24, 2.45) is 0 Å². The SMILES string of the molecule is CCCc1ccc(S(=O)(=O)CCCNC)cc1. The number of hydrogen-bond donors (Lipinski definition) is 1. The van der Waals surface area contributed by atoms with Crippen molar-refractivity contribution in [3.05, 3.63) is 29.8 Å². The highest BCUT2D eigenvalue weighted by molar-refractivity contribution is 7.91. The highest BCUT2D eigenvalue weighted by Gasteiger charge is 2.13. The van der Waals surface area contributed by atoms with Gasteiger partial charge in [-0.05, 0) is 44.1 Å². The summed E-state index contributed by atoms with van der Waals surface area (Å²) in [6.07, 6.45) is 2.73. The number of aryl methyl sites for hydroxylation is 1. The molecule has 17 heavy (non-hydrogen) atoms. The van der Waals surface area contributed by atoms with Crippen LogP contribution in [-0.4, -0.2) is 27.8 Å². The van der Waals surface area contributed by atoms with Crippen LogP contribution in [-0.2, 0) is 16.3 Å². The van der Waals surface area contributed by atoms with Gasteiger partial charge in [-0.25, -0.2) is 8.42 Å². The second-order valence-electron chi connectivity index (χ2n) is 4.17. The van der Waals surface area contributed by atoms with Crippen molar-refractivity contribution < 1.29 is 8.42 Å². The lowest BCUT2D eigenvalue weighted by atomic mass is 10.1. The van der Waals surface area contributed by atoms with Crippen LogP contribution in [0.15, 0.2) is 29.2 Å². The van der Waals surface area contributed by atoms with E-state index < -0.39 is 9.84 Å². The molecular weight excluding hydrogens is 234 g/mol. The maximum absolute atomic E-state index is 11.9. The predicted octanol–water partition coefficient (Wildman–Crippen LogP) is 2.02. The minimum Gasteiger partial charge on any atom is -0.320 e. The fraction of sp³-hybridized carbons (Fsp3) is 0.538. The molecule has 0 bridgehead atoms. The molecule has 96 valence electrons. The van der Waals surface area contributed by atoms with Gasteiger partial charge in [0.1, 0.15) is 0 Å². The summed E-state index contributed by atoms with van der Waals surface area (Å²) >= 11 is 0. The van der Waals surface area contributed by atoms with Gasteiger partial charge >= 0.3 is 0 Å². The Hall–Kier alpha value is -0.870. The molecule has 0 saturated carbocycles. The maximum Gasteiger partial charge on any atom is 0.178 e. The van der Waals surface area contributed by atoms with E-state index in [1.165, 1.54) is 5.56 Å². The van der Waals surface area contributed by atoms with Gasteiger partial charge in [0, 0.05) is 0 Å². The number of hydrogen-bond acceptors (Lipinski definition) is 3. The van der Waals surface area contributed by atoms with Gasteiger partial charge in [0.05, 0.1) is 10.6 Å². The summed E-state index contributed by atoms with van der Waals surface area (Å²) in [5.74, 6) is 0.209. The zero-order chi connectivity index (χ0) is 12.7. The van der Waals surface area contributed by atoms with Crippen molar-refractivity contribution in [3.8, 4) is 0 Å². The Kier molecular flexibility index (Phi) is 5.65. The minimum atomic E-state index is -3.10. The van der Waals surface area contributed by atoms with E-state index in [0.717, 1.165) is 19.4 Å². The van der Waals surface area contributed by atoms with E-state index in [4.69, 9.17) is 0 Å². The van der Waals surface area contributed by atoms with Gasteiger partial charge in [-0.15, -0.1) is 0 Å². The van der Waals surface area contributed by atoms with Gasteiger partial charge in [0.2, 0.25) is 0 Å². The summed E-state index contributed by atoms with van der Waals surface area (Å²) in [6, 6.07) is 7.27. The fourth-order valence-corrected chi connectivity index (χ4v) is 3.02. The van der Waals surface area contributed by atoms with E-state index in [9.17, 15) is 8.42 Å². The van der Waals surface area contributed by atoms with Gasteiger partial charge < -0.3 is 5.32 Å². The van der Waals surface area contributed by atoms with Crippen LogP contribution in [0.4, 0.5) is 0 Å². The Labute approximate surface area is 104 Å².